The highest BCUT2D eigenvalue weighted by atomic mass is 16.8. The van der Waals surface area contributed by atoms with Crippen molar-refractivity contribution in [1.29, 1.82) is 0 Å². The van der Waals surface area contributed by atoms with E-state index in [9.17, 15) is 86.5 Å². The van der Waals surface area contributed by atoms with Gasteiger partial charge in [0, 0.05) is 10.8 Å². The van der Waals surface area contributed by atoms with E-state index in [-0.39, 0.29) is 40.6 Å². The number of aliphatic hydroxyl groups is 15. The maximum absolute atomic E-state index is 12.7. The molecule has 500 valence electrons. The molecule has 10 rings (SSSR count). The number of hydrogen-bond donors (Lipinski definition) is 16. The third kappa shape index (κ3) is 11.3. The maximum atomic E-state index is 12.7. The molecule has 0 aromatic carbocycles. The van der Waals surface area contributed by atoms with E-state index in [1.165, 1.54) is 19.4 Å². The molecule has 10 aliphatic rings. The lowest BCUT2D eigenvalue weighted by atomic mass is 9.33. The topological polar surface area (TPSA) is 433 Å². The van der Waals surface area contributed by atoms with Crippen LogP contribution >= 0.6 is 0 Å². The van der Waals surface area contributed by atoms with Gasteiger partial charge in [-0.05, 0) is 111 Å². The van der Waals surface area contributed by atoms with Crippen LogP contribution in [0.5, 0.6) is 0 Å². The van der Waals surface area contributed by atoms with Gasteiger partial charge >= 0.3 is 5.97 Å². The molecule has 35 atom stereocenters. The summed E-state index contributed by atoms with van der Waals surface area (Å²) < 4.78 is 61.6. The lowest BCUT2D eigenvalue weighted by Gasteiger charge is -2.72. The van der Waals surface area contributed by atoms with Crippen molar-refractivity contribution in [3.8, 4) is 0 Å². The highest BCUT2D eigenvalue weighted by Gasteiger charge is 2.71. The van der Waals surface area contributed by atoms with E-state index in [4.69, 9.17) is 47.4 Å². The van der Waals surface area contributed by atoms with Crippen LogP contribution in [0.25, 0.3) is 0 Å². The highest BCUT2D eigenvalue weighted by molar-refractivity contribution is 5.73. The first kappa shape index (κ1) is 68.1. The molecule has 0 unspecified atom stereocenters. The molecule has 27 nitrogen and oxygen atoms in total. The predicted octanol–water partition coefficient (Wildman–Crippen LogP) is -2.62. The van der Waals surface area contributed by atoms with Crippen molar-refractivity contribution < 1.29 is 134 Å². The SMILES string of the molecule is C[C@@H]1O[C@@H](O[C@H]2[C@H](O[C@@H]3[C@H](O[C@H]4CC[C@@]5(C)[C@@H](CC[C@]6(C)[C@@H]5CC=C5[C@@H]7CC(C)(C)C[C@@H](O[C@@H]8O[C@@H](CO)[C@H](O)[C@H](O)[C@@H]8O[C@@H]8O[C@@H](C)[C@H](O)[C@@H](O)[C@@H]8O)[C@]7(C)CC[C@]56C)[C@]4(C)CO)O[C@H](C(=O)O)[C@@H](O)[C@@H]3O)O[C@H](CO)[C@@H](O)[C@@H]2O)[C@H](O)[C@H](O)[C@H]1O. The second-order valence-corrected chi connectivity index (χ2v) is 29.2. The molecule has 5 aliphatic heterocycles. The summed E-state index contributed by atoms with van der Waals surface area (Å²) in [5.41, 5.74) is -1.60. The van der Waals surface area contributed by atoms with Crippen molar-refractivity contribution in [3.05, 3.63) is 11.6 Å². The highest BCUT2D eigenvalue weighted by Crippen LogP contribution is 2.76. The summed E-state index contributed by atoms with van der Waals surface area (Å²) in [7, 11) is 0. The Morgan fingerprint density at radius 2 is 0.977 bits per heavy atom. The lowest BCUT2D eigenvalue weighted by Crippen LogP contribution is -2.68. The van der Waals surface area contributed by atoms with Crippen LogP contribution in [0.1, 0.15) is 120 Å². The molecule has 27 heteroatoms. The number of carboxylic acids is 1. The zero-order valence-corrected chi connectivity index (χ0v) is 51.0. The third-order valence-corrected chi connectivity index (χ3v) is 23.7. The van der Waals surface area contributed by atoms with Gasteiger partial charge in [-0.1, -0.05) is 60.1 Å². The van der Waals surface area contributed by atoms with E-state index >= 15 is 0 Å². The fourth-order valence-corrected chi connectivity index (χ4v) is 18.0. The molecule has 5 aliphatic carbocycles. The Balaban J connectivity index is 0.905. The van der Waals surface area contributed by atoms with Gasteiger partial charge in [-0.25, -0.2) is 4.79 Å². The van der Waals surface area contributed by atoms with E-state index in [1.807, 2.05) is 6.92 Å². The Hall–Kier alpha value is -1.79. The van der Waals surface area contributed by atoms with Crippen molar-refractivity contribution in [2.24, 2.45) is 50.2 Å². The molecule has 9 fully saturated rings. The van der Waals surface area contributed by atoms with Gasteiger partial charge in [-0.15, -0.1) is 0 Å². The van der Waals surface area contributed by atoms with Crippen LogP contribution in [0, 0.1) is 50.2 Å². The van der Waals surface area contributed by atoms with E-state index in [0.717, 1.165) is 19.3 Å². The van der Waals surface area contributed by atoms with Crippen LogP contribution in [-0.2, 0) is 52.2 Å². The average Bonchev–Trinajstić information content (AvgIpc) is 0.680. The standard InChI is InChI=1S/C60H98O27/c1-23-33(64)37(68)43(74)50(78-23)85-46-39(70)35(66)27(20-61)80-52(46)83-32-19-55(3,4)18-26-25-10-11-30-57(6)14-13-31(58(7,22-63)29(57)12-15-60(30,9)59(25,8)17-16-56(26,32)5)82-54-48(42(73)41(72)45(84-54)49(76)77)87-53-47(40(71)36(67)28(21-62)81-53)86-51-44(75)38(69)34(65)24(2)79-51/h10,23-24,26-48,50-54,61-75H,11-22H2,1-9H3,(H,76,77)/t23-,24-,26-,27-,28+,29+,30+,31-,32+,33-,34-,35-,36+,37+,38+,39-,40-,41-,42-,43-,44+,45-,46-,47+,48-,50-,51-,52-,53-,54+,56+,57-,58-,59+,60+/m0/s1. The largest absolute Gasteiger partial charge is 0.479 e. The minimum atomic E-state index is -2.13. The van der Waals surface area contributed by atoms with Crippen LogP contribution in [0.15, 0.2) is 11.6 Å². The normalized spacial score (nSPS) is 56.0. The summed E-state index contributed by atoms with van der Waals surface area (Å²) >= 11 is 0. The number of fused-ring (bicyclic) bond motifs is 7. The Kier molecular flexibility index (Phi) is 19.4. The fraction of sp³-hybridized carbons (Fsp3) is 0.950. The summed E-state index contributed by atoms with van der Waals surface area (Å²) in [5, 5.41) is 174. The van der Waals surface area contributed by atoms with Crippen LogP contribution in [0.3, 0.4) is 0 Å². The first-order valence-corrected chi connectivity index (χ1v) is 31.1. The van der Waals surface area contributed by atoms with Crippen molar-refractivity contribution in [2.45, 2.75) is 286 Å². The summed E-state index contributed by atoms with van der Waals surface area (Å²) in [6.07, 6.45) is -35.0. The summed E-state index contributed by atoms with van der Waals surface area (Å²) in [6, 6.07) is 0. The number of allylic oxidation sites excluding steroid dienone is 2. The van der Waals surface area contributed by atoms with Crippen molar-refractivity contribution in [3.63, 3.8) is 0 Å². The molecule has 0 spiro atoms. The second kappa shape index (κ2) is 24.8. The molecule has 5 heterocycles. The molecular formula is C60H98O27. The van der Waals surface area contributed by atoms with Crippen LogP contribution in [-0.4, -0.2) is 273 Å². The van der Waals surface area contributed by atoms with Crippen LogP contribution in [0.4, 0.5) is 0 Å². The van der Waals surface area contributed by atoms with E-state index in [0.29, 0.717) is 38.5 Å². The van der Waals surface area contributed by atoms with E-state index in [2.05, 4.69) is 47.6 Å². The Morgan fingerprint density at radius 3 is 1.48 bits per heavy atom. The van der Waals surface area contributed by atoms with Crippen molar-refractivity contribution in [1.82, 2.24) is 0 Å². The van der Waals surface area contributed by atoms with Crippen LogP contribution in [0.2, 0.25) is 0 Å². The van der Waals surface area contributed by atoms with Gasteiger partial charge in [0.15, 0.2) is 37.6 Å². The number of aliphatic carboxylic acids is 1. The predicted molar refractivity (Wildman–Crippen MR) is 294 cm³/mol. The van der Waals surface area contributed by atoms with Gasteiger partial charge in [0.1, 0.15) is 104 Å². The fourth-order valence-electron chi connectivity index (χ4n) is 18.0. The molecule has 4 saturated carbocycles. The van der Waals surface area contributed by atoms with Crippen molar-refractivity contribution >= 4 is 5.97 Å². The zero-order chi connectivity index (χ0) is 63.7. The third-order valence-electron chi connectivity index (χ3n) is 23.7. The first-order valence-electron chi connectivity index (χ1n) is 31.1. The Morgan fingerprint density at radius 1 is 0.494 bits per heavy atom. The second-order valence-electron chi connectivity index (χ2n) is 29.2. The van der Waals surface area contributed by atoms with Crippen molar-refractivity contribution in [2.75, 3.05) is 19.8 Å². The minimum Gasteiger partial charge on any atom is -0.479 e. The summed E-state index contributed by atoms with van der Waals surface area (Å²) in [4.78, 5) is 12.7. The molecule has 87 heavy (non-hydrogen) atoms. The molecule has 5 saturated heterocycles. The number of rotatable bonds is 14. The number of aliphatic hydroxyl groups excluding tert-OH is 15. The molecule has 16 N–H and O–H groups in total. The summed E-state index contributed by atoms with van der Waals surface area (Å²) in [5.74, 6) is -1.79. The number of carbonyl (C=O) groups is 1. The minimum absolute atomic E-state index is 0.0103. The Bertz CT molecular complexity index is 2440. The number of carboxylic acid groups (broad SMARTS) is 1. The number of ether oxygens (including phenoxy) is 10. The smallest absolute Gasteiger partial charge is 0.335 e. The Labute approximate surface area is 506 Å². The average molecular weight is 1250 g/mol. The first-order chi connectivity index (χ1) is 40.7. The van der Waals surface area contributed by atoms with Gasteiger partial charge in [0.05, 0.1) is 44.2 Å². The maximum Gasteiger partial charge on any atom is 0.335 e. The molecule has 0 aromatic heterocycles. The van der Waals surface area contributed by atoms with E-state index < -0.39 is 201 Å². The molecule has 0 amide bonds. The number of hydrogen-bond acceptors (Lipinski definition) is 26. The molecular weight excluding hydrogens is 1150 g/mol. The van der Waals surface area contributed by atoms with Crippen LogP contribution < -0.4 is 0 Å². The summed E-state index contributed by atoms with van der Waals surface area (Å²) in [6.45, 7) is 16.5. The molecule has 0 aromatic rings. The van der Waals surface area contributed by atoms with Gasteiger partial charge in [-0.2, -0.15) is 0 Å². The quantitative estimate of drug-likeness (QED) is 0.0625. The zero-order valence-electron chi connectivity index (χ0n) is 51.0. The lowest BCUT2D eigenvalue weighted by molar-refractivity contribution is -0.396. The van der Waals surface area contributed by atoms with Gasteiger partial charge in [0.25, 0.3) is 0 Å². The van der Waals surface area contributed by atoms with Gasteiger partial charge in [0.2, 0.25) is 0 Å². The van der Waals surface area contributed by atoms with E-state index in [1.54, 1.807) is 0 Å². The molecule has 0 bridgehead atoms. The van der Waals surface area contributed by atoms with Gasteiger partial charge < -0.3 is 129 Å². The monoisotopic (exact) mass is 1250 g/mol. The molecule has 0 radical (unpaired) electrons. The van der Waals surface area contributed by atoms with Gasteiger partial charge in [-0.3, -0.25) is 0 Å².